The number of rotatable bonds is 3. The lowest BCUT2D eigenvalue weighted by Crippen LogP contribution is -2.05. The highest BCUT2D eigenvalue weighted by Gasteiger charge is 2.06. The summed E-state index contributed by atoms with van der Waals surface area (Å²) >= 11 is 2.33. The van der Waals surface area contributed by atoms with Crippen LogP contribution in [0.1, 0.15) is 11.4 Å². The molecule has 2 heterocycles. The molecular formula is C15H15IN4. The van der Waals surface area contributed by atoms with Gasteiger partial charge in [0.2, 0.25) is 0 Å². The predicted octanol–water partition coefficient (Wildman–Crippen LogP) is 3.24. The highest BCUT2D eigenvalue weighted by molar-refractivity contribution is 14.1. The van der Waals surface area contributed by atoms with Crippen LogP contribution in [0, 0.1) is 10.5 Å². The molecule has 0 saturated heterocycles. The molecule has 0 fully saturated rings. The zero-order valence-electron chi connectivity index (χ0n) is 11.4. The number of benzene rings is 1. The van der Waals surface area contributed by atoms with Gasteiger partial charge < -0.3 is 0 Å². The number of hydrogen-bond donors (Lipinski definition) is 0. The van der Waals surface area contributed by atoms with Gasteiger partial charge in [0.1, 0.15) is 0 Å². The van der Waals surface area contributed by atoms with Crippen molar-refractivity contribution in [3.63, 3.8) is 0 Å². The van der Waals surface area contributed by atoms with Crippen molar-refractivity contribution >= 4 is 22.6 Å². The van der Waals surface area contributed by atoms with Gasteiger partial charge in [0.25, 0.3) is 0 Å². The Labute approximate surface area is 131 Å². The molecule has 0 saturated carbocycles. The van der Waals surface area contributed by atoms with Crippen LogP contribution in [-0.4, -0.2) is 19.6 Å². The molecule has 20 heavy (non-hydrogen) atoms. The van der Waals surface area contributed by atoms with E-state index in [1.165, 1.54) is 9.13 Å². The van der Waals surface area contributed by atoms with E-state index < -0.39 is 0 Å². The minimum absolute atomic E-state index is 0.737. The van der Waals surface area contributed by atoms with Crippen molar-refractivity contribution in [2.45, 2.75) is 13.5 Å². The van der Waals surface area contributed by atoms with Gasteiger partial charge in [0, 0.05) is 22.4 Å². The second-order valence-corrected chi connectivity index (χ2v) is 6.08. The van der Waals surface area contributed by atoms with Gasteiger partial charge in [-0.3, -0.25) is 9.36 Å². The first kappa shape index (κ1) is 13.4. The topological polar surface area (TPSA) is 35.6 Å². The molecule has 0 aliphatic heterocycles. The van der Waals surface area contributed by atoms with Gasteiger partial charge in [-0.1, -0.05) is 12.1 Å². The molecule has 3 aromatic rings. The maximum atomic E-state index is 4.44. The van der Waals surface area contributed by atoms with Gasteiger partial charge in [-0.15, -0.1) is 0 Å². The Morgan fingerprint density at radius 1 is 1.20 bits per heavy atom. The lowest BCUT2D eigenvalue weighted by Gasteiger charge is -2.02. The fraction of sp³-hybridized carbons (Fsp3) is 0.200. The fourth-order valence-corrected chi connectivity index (χ4v) is 2.79. The molecular weight excluding hydrogens is 363 g/mol. The van der Waals surface area contributed by atoms with Crippen LogP contribution in [0.4, 0.5) is 0 Å². The van der Waals surface area contributed by atoms with Crippen LogP contribution < -0.4 is 0 Å². The highest BCUT2D eigenvalue weighted by Crippen LogP contribution is 2.20. The third-order valence-electron chi connectivity index (χ3n) is 3.21. The van der Waals surface area contributed by atoms with Crippen molar-refractivity contribution < 1.29 is 0 Å². The third kappa shape index (κ3) is 2.77. The van der Waals surface area contributed by atoms with E-state index in [4.69, 9.17) is 0 Å². The SMILES string of the molecule is Cc1cc(Cn2cc(-c3cccc(I)c3)cn2)n(C)n1. The average Bonchev–Trinajstić information content (AvgIpc) is 2.97. The minimum Gasteiger partial charge on any atom is -0.270 e. The second-order valence-electron chi connectivity index (χ2n) is 4.84. The molecule has 4 nitrogen and oxygen atoms in total. The Bertz CT molecular complexity index is 742. The van der Waals surface area contributed by atoms with Crippen LogP contribution in [-0.2, 0) is 13.6 Å². The van der Waals surface area contributed by atoms with Gasteiger partial charge in [0.15, 0.2) is 0 Å². The first-order valence-electron chi connectivity index (χ1n) is 6.40. The van der Waals surface area contributed by atoms with Crippen LogP contribution in [0.25, 0.3) is 11.1 Å². The van der Waals surface area contributed by atoms with E-state index in [-0.39, 0.29) is 0 Å². The van der Waals surface area contributed by atoms with Crippen LogP contribution in [0.5, 0.6) is 0 Å². The molecule has 0 spiro atoms. The van der Waals surface area contributed by atoms with Crippen LogP contribution >= 0.6 is 22.6 Å². The summed E-state index contributed by atoms with van der Waals surface area (Å²) in [5.74, 6) is 0. The maximum absolute atomic E-state index is 4.44. The van der Waals surface area contributed by atoms with E-state index in [0.717, 1.165) is 23.5 Å². The number of nitrogens with zero attached hydrogens (tertiary/aromatic N) is 4. The van der Waals surface area contributed by atoms with Crippen molar-refractivity contribution in [2.75, 3.05) is 0 Å². The summed E-state index contributed by atoms with van der Waals surface area (Å²) < 4.78 is 5.09. The van der Waals surface area contributed by atoms with Crippen molar-refractivity contribution in [1.82, 2.24) is 19.6 Å². The highest BCUT2D eigenvalue weighted by atomic mass is 127. The maximum Gasteiger partial charge on any atom is 0.0828 e. The van der Waals surface area contributed by atoms with Gasteiger partial charge in [0.05, 0.1) is 24.1 Å². The Hall–Kier alpha value is -1.63. The summed E-state index contributed by atoms with van der Waals surface area (Å²) in [6.07, 6.45) is 3.99. The van der Waals surface area contributed by atoms with Gasteiger partial charge in [-0.25, -0.2) is 0 Å². The zero-order valence-corrected chi connectivity index (χ0v) is 13.6. The number of halogens is 1. The Balaban J connectivity index is 1.85. The second kappa shape index (κ2) is 5.40. The molecule has 0 bridgehead atoms. The standard InChI is InChI=1S/C15H15IN4/c1-11-6-15(19(2)18-11)10-20-9-13(8-17-20)12-4-3-5-14(16)7-12/h3-9H,10H2,1-2H3. The summed E-state index contributed by atoms with van der Waals surface area (Å²) in [5, 5.41) is 8.80. The quantitative estimate of drug-likeness (QED) is 0.656. The lowest BCUT2D eigenvalue weighted by atomic mass is 10.1. The molecule has 3 rings (SSSR count). The van der Waals surface area contributed by atoms with E-state index in [2.05, 4.69) is 69.3 Å². The molecule has 1 aromatic carbocycles. The molecule has 2 aromatic heterocycles. The Morgan fingerprint density at radius 3 is 2.75 bits per heavy atom. The van der Waals surface area contributed by atoms with Crippen molar-refractivity contribution in [3.8, 4) is 11.1 Å². The minimum atomic E-state index is 0.737. The number of hydrogen-bond acceptors (Lipinski definition) is 2. The van der Waals surface area contributed by atoms with Crippen LogP contribution in [0.15, 0.2) is 42.7 Å². The summed E-state index contributed by atoms with van der Waals surface area (Å²) in [6, 6.07) is 10.5. The van der Waals surface area contributed by atoms with E-state index in [9.17, 15) is 0 Å². The van der Waals surface area contributed by atoms with Gasteiger partial charge in [-0.05, 0) is 53.3 Å². The normalized spacial score (nSPS) is 10.9. The van der Waals surface area contributed by atoms with Crippen molar-refractivity contribution in [1.29, 1.82) is 0 Å². The number of aromatic nitrogens is 4. The molecule has 102 valence electrons. The average molecular weight is 378 g/mol. The Morgan fingerprint density at radius 2 is 2.05 bits per heavy atom. The monoisotopic (exact) mass is 378 g/mol. The molecule has 0 aliphatic carbocycles. The van der Waals surface area contributed by atoms with Crippen molar-refractivity contribution in [3.05, 3.63) is 57.7 Å². The van der Waals surface area contributed by atoms with E-state index in [0.29, 0.717) is 0 Å². The van der Waals surface area contributed by atoms with Crippen molar-refractivity contribution in [2.24, 2.45) is 7.05 Å². The van der Waals surface area contributed by atoms with Gasteiger partial charge in [-0.2, -0.15) is 10.2 Å². The van der Waals surface area contributed by atoms with E-state index >= 15 is 0 Å². The first-order chi connectivity index (χ1) is 9.61. The molecule has 0 radical (unpaired) electrons. The van der Waals surface area contributed by atoms with Gasteiger partial charge >= 0.3 is 0 Å². The van der Waals surface area contributed by atoms with E-state index in [1.54, 1.807) is 0 Å². The summed E-state index contributed by atoms with van der Waals surface area (Å²) in [7, 11) is 1.96. The molecule has 0 amide bonds. The molecule has 0 aliphatic rings. The number of aryl methyl sites for hydroxylation is 2. The molecule has 0 atom stereocenters. The predicted molar refractivity (Wildman–Crippen MR) is 87.4 cm³/mol. The fourth-order valence-electron chi connectivity index (χ4n) is 2.25. The third-order valence-corrected chi connectivity index (χ3v) is 3.89. The largest absolute Gasteiger partial charge is 0.270 e. The zero-order chi connectivity index (χ0) is 14.1. The van der Waals surface area contributed by atoms with E-state index in [1.807, 2.05) is 29.5 Å². The van der Waals surface area contributed by atoms with Crippen LogP contribution in [0.2, 0.25) is 0 Å². The molecule has 0 N–H and O–H groups in total. The molecule has 5 heteroatoms. The molecule has 0 unspecified atom stereocenters. The lowest BCUT2D eigenvalue weighted by molar-refractivity contribution is 0.619. The van der Waals surface area contributed by atoms with Crippen LogP contribution in [0.3, 0.4) is 0 Å². The summed E-state index contributed by atoms with van der Waals surface area (Å²) in [6.45, 7) is 2.74. The summed E-state index contributed by atoms with van der Waals surface area (Å²) in [5.41, 5.74) is 4.53. The Kier molecular flexibility index (Phi) is 3.60. The first-order valence-corrected chi connectivity index (χ1v) is 7.47. The smallest absolute Gasteiger partial charge is 0.0828 e. The summed E-state index contributed by atoms with van der Waals surface area (Å²) in [4.78, 5) is 0.